The molecule has 0 spiro atoms. The average Bonchev–Trinajstić information content (AvgIpc) is 2.42. The molecule has 0 bridgehead atoms. The van der Waals surface area contributed by atoms with Crippen molar-refractivity contribution in [3.63, 3.8) is 0 Å². The maximum Gasteiger partial charge on any atom is 0.241 e. The van der Waals surface area contributed by atoms with Gasteiger partial charge in [0.05, 0.1) is 23.3 Å². The zero-order valence-electron chi connectivity index (χ0n) is 10.6. The van der Waals surface area contributed by atoms with Gasteiger partial charge in [-0.2, -0.15) is 0 Å². The van der Waals surface area contributed by atoms with E-state index in [4.69, 9.17) is 4.74 Å². The number of hydrogen-bond acceptors (Lipinski definition) is 3. The van der Waals surface area contributed by atoms with E-state index in [-0.39, 0.29) is 11.9 Å². The van der Waals surface area contributed by atoms with Crippen LogP contribution in [0.1, 0.15) is 19.3 Å². The van der Waals surface area contributed by atoms with Crippen LogP contribution in [0.3, 0.4) is 0 Å². The van der Waals surface area contributed by atoms with Gasteiger partial charge >= 0.3 is 0 Å². The first kappa shape index (κ1) is 14.8. The minimum absolute atomic E-state index is 0.00442. The Labute approximate surface area is 129 Å². The molecule has 0 saturated carbocycles. The second-order valence-corrected chi connectivity index (χ2v) is 6.17. The largest absolute Gasteiger partial charge is 0.495 e. The summed E-state index contributed by atoms with van der Waals surface area (Å²) in [7, 11) is 1.60. The molecule has 1 heterocycles. The maximum absolute atomic E-state index is 12.2. The molecule has 1 aliphatic rings. The molecule has 0 radical (unpaired) electrons. The lowest BCUT2D eigenvalue weighted by molar-refractivity contribution is -0.118. The Bertz CT molecular complexity index is 474. The van der Waals surface area contributed by atoms with Crippen molar-refractivity contribution < 1.29 is 9.53 Å². The van der Waals surface area contributed by atoms with E-state index in [0.29, 0.717) is 5.75 Å². The summed E-state index contributed by atoms with van der Waals surface area (Å²) in [5.41, 5.74) is 0.720. The zero-order chi connectivity index (χ0) is 13.8. The maximum atomic E-state index is 12.2. The second kappa shape index (κ2) is 6.72. The monoisotopic (exact) mass is 390 g/mol. The van der Waals surface area contributed by atoms with Crippen molar-refractivity contribution in [2.45, 2.75) is 25.3 Å². The molecule has 2 rings (SSSR count). The summed E-state index contributed by atoms with van der Waals surface area (Å²) < 4.78 is 6.90. The number of methoxy groups -OCH3 is 1. The molecule has 2 N–H and O–H groups in total. The van der Waals surface area contributed by atoms with Crippen molar-refractivity contribution in [2.75, 3.05) is 19.0 Å². The predicted molar refractivity (Wildman–Crippen MR) is 82.7 cm³/mol. The van der Waals surface area contributed by atoms with E-state index >= 15 is 0 Å². The molecule has 4 nitrogen and oxygen atoms in total. The smallest absolute Gasteiger partial charge is 0.241 e. The van der Waals surface area contributed by atoms with Gasteiger partial charge in [-0.15, -0.1) is 0 Å². The number of benzene rings is 1. The van der Waals surface area contributed by atoms with Crippen LogP contribution < -0.4 is 15.4 Å². The van der Waals surface area contributed by atoms with Gasteiger partial charge in [-0.25, -0.2) is 0 Å². The van der Waals surface area contributed by atoms with Gasteiger partial charge in [0.1, 0.15) is 5.75 Å². The molecule has 1 aliphatic heterocycles. The summed E-state index contributed by atoms with van der Waals surface area (Å²) in [6.45, 7) is 0.906. The van der Waals surface area contributed by atoms with Crippen molar-refractivity contribution in [1.82, 2.24) is 5.32 Å². The van der Waals surface area contributed by atoms with Gasteiger partial charge in [0.2, 0.25) is 5.91 Å². The molecule has 1 aromatic rings. The summed E-state index contributed by atoms with van der Waals surface area (Å²) in [6.07, 6.45) is 3.12. The Morgan fingerprint density at radius 1 is 1.37 bits per heavy atom. The standard InChI is InChI=1S/C13H16Br2N2O2/c1-19-12-7-11(8(14)6-9(12)15)17-13(18)10-4-2-3-5-16-10/h6-7,10,16H,2-5H2,1H3,(H,17,18)/t10-/m0/s1. The molecule has 6 heteroatoms. The minimum Gasteiger partial charge on any atom is -0.495 e. The number of halogens is 2. The van der Waals surface area contributed by atoms with E-state index in [9.17, 15) is 4.79 Å². The van der Waals surface area contributed by atoms with E-state index in [0.717, 1.165) is 40.4 Å². The Morgan fingerprint density at radius 2 is 2.16 bits per heavy atom. The lowest BCUT2D eigenvalue weighted by Crippen LogP contribution is -2.43. The van der Waals surface area contributed by atoms with Crippen LogP contribution in [0.4, 0.5) is 5.69 Å². The molecule has 1 atom stereocenters. The second-order valence-electron chi connectivity index (χ2n) is 4.46. The Morgan fingerprint density at radius 3 is 2.79 bits per heavy atom. The molecular weight excluding hydrogens is 376 g/mol. The van der Waals surface area contributed by atoms with Crippen molar-refractivity contribution >= 4 is 43.5 Å². The molecule has 1 saturated heterocycles. The van der Waals surface area contributed by atoms with Crippen LogP contribution >= 0.6 is 31.9 Å². The van der Waals surface area contributed by atoms with Crippen LogP contribution in [0.25, 0.3) is 0 Å². The van der Waals surface area contributed by atoms with E-state index in [1.54, 1.807) is 13.2 Å². The third-order valence-electron chi connectivity index (χ3n) is 3.13. The van der Waals surface area contributed by atoms with Gasteiger partial charge in [-0.3, -0.25) is 4.79 Å². The van der Waals surface area contributed by atoms with Crippen LogP contribution in [0.15, 0.2) is 21.1 Å². The molecule has 104 valence electrons. The van der Waals surface area contributed by atoms with Gasteiger partial charge in [-0.05, 0) is 57.3 Å². The first-order valence-electron chi connectivity index (χ1n) is 6.19. The van der Waals surface area contributed by atoms with Crippen molar-refractivity contribution in [3.8, 4) is 5.75 Å². The fraction of sp³-hybridized carbons (Fsp3) is 0.462. The van der Waals surface area contributed by atoms with Gasteiger partial charge in [0, 0.05) is 10.5 Å². The fourth-order valence-corrected chi connectivity index (χ4v) is 3.33. The number of anilines is 1. The van der Waals surface area contributed by atoms with Crippen LogP contribution in [0, 0.1) is 0 Å². The fourth-order valence-electron chi connectivity index (χ4n) is 2.08. The lowest BCUT2D eigenvalue weighted by atomic mass is 10.0. The van der Waals surface area contributed by atoms with Crippen molar-refractivity contribution in [1.29, 1.82) is 0 Å². The summed E-state index contributed by atoms with van der Waals surface area (Å²) in [5.74, 6) is 0.694. The highest BCUT2D eigenvalue weighted by atomic mass is 79.9. The van der Waals surface area contributed by atoms with Crippen LogP contribution in [-0.4, -0.2) is 25.6 Å². The Kier molecular flexibility index (Phi) is 5.24. The van der Waals surface area contributed by atoms with Gasteiger partial charge in [0.15, 0.2) is 0 Å². The van der Waals surface area contributed by atoms with E-state index in [2.05, 4.69) is 42.5 Å². The van der Waals surface area contributed by atoms with Crippen molar-refractivity contribution in [3.05, 3.63) is 21.1 Å². The van der Waals surface area contributed by atoms with E-state index in [1.165, 1.54) is 0 Å². The van der Waals surface area contributed by atoms with Crippen LogP contribution in [-0.2, 0) is 4.79 Å². The SMILES string of the molecule is COc1cc(NC(=O)[C@@H]2CCCCN2)c(Br)cc1Br. The van der Waals surface area contributed by atoms with Gasteiger partial charge in [-0.1, -0.05) is 6.42 Å². The van der Waals surface area contributed by atoms with Crippen LogP contribution in [0.2, 0.25) is 0 Å². The Balaban J connectivity index is 2.11. The summed E-state index contributed by atoms with van der Waals surface area (Å²) >= 11 is 6.85. The number of carbonyl (C=O) groups is 1. The molecule has 1 aromatic carbocycles. The lowest BCUT2D eigenvalue weighted by Gasteiger charge is -2.23. The molecule has 1 fully saturated rings. The highest BCUT2D eigenvalue weighted by Gasteiger charge is 2.21. The number of nitrogens with one attached hydrogen (secondary N) is 2. The highest BCUT2D eigenvalue weighted by Crippen LogP contribution is 2.34. The van der Waals surface area contributed by atoms with Gasteiger partial charge < -0.3 is 15.4 Å². The number of hydrogen-bond donors (Lipinski definition) is 2. The quantitative estimate of drug-likeness (QED) is 0.830. The summed E-state index contributed by atoms with van der Waals surface area (Å²) in [5, 5.41) is 6.16. The molecule has 19 heavy (non-hydrogen) atoms. The summed E-state index contributed by atoms with van der Waals surface area (Å²) in [4.78, 5) is 12.2. The van der Waals surface area contributed by atoms with Gasteiger partial charge in [0.25, 0.3) is 0 Å². The van der Waals surface area contributed by atoms with Crippen LogP contribution in [0.5, 0.6) is 5.75 Å². The number of rotatable bonds is 3. The molecular formula is C13H16Br2N2O2. The molecule has 1 amide bonds. The first-order valence-corrected chi connectivity index (χ1v) is 7.77. The number of carbonyl (C=O) groups excluding carboxylic acids is 1. The third kappa shape index (κ3) is 3.70. The molecule has 0 unspecified atom stereocenters. The Hall–Kier alpha value is -0.590. The minimum atomic E-state index is -0.102. The predicted octanol–water partition coefficient (Wildman–Crippen LogP) is 3.30. The molecule has 0 aromatic heterocycles. The average molecular weight is 392 g/mol. The zero-order valence-corrected chi connectivity index (χ0v) is 13.8. The highest BCUT2D eigenvalue weighted by molar-refractivity contribution is 9.11. The number of piperidine rings is 1. The van der Waals surface area contributed by atoms with E-state index in [1.807, 2.05) is 6.07 Å². The first-order chi connectivity index (χ1) is 9.11. The van der Waals surface area contributed by atoms with Crippen molar-refractivity contribution in [2.24, 2.45) is 0 Å². The molecule has 0 aliphatic carbocycles. The van der Waals surface area contributed by atoms with E-state index < -0.39 is 0 Å². The number of ether oxygens (including phenoxy) is 1. The third-order valence-corrected chi connectivity index (χ3v) is 4.40. The summed E-state index contributed by atoms with van der Waals surface area (Å²) in [6, 6.07) is 3.56. The normalized spacial score (nSPS) is 19.0. The topological polar surface area (TPSA) is 50.4 Å². The number of amides is 1.